The Morgan fingerprint density at radius 3 is 2.24 bits per heavy atom. The van der Waals surface area contributed by atoms with E-state index >= 15 is 0 Å². The van der Waals surface area contributed by atoms with Gasteiger partial charge in [0, 0.05) is 81.6 Å². The Bertz CT molecular complexity index is 1050. The zero-order chi connectivity index (χ0) is 23.7. The molecule has 4 heterocycles. The number of nitrogens with zero attached hydrogens (tertiary/aromatic N) is 7. The number of anilines is 3. The molecule has 0 saturated carbocycles. The van der Waals surface area contributed by atoms with Gasteiger partial charge in [-0.05, 0) is 25.2 Å². The third-order valence-electron chi connectivity index (χ3n) is 6.97. The van der Waals surface area contributed by atoms with Crippen LogP contribution in [0, 0.1) is 5.92 Å². The molecule has 0 bridgehead atoms. The van der Waals surface area contributed by atoms with E-state index in [0.29, 0.717) is 19.6 Å². The highest BCUT2D eigenvalue weighted by atomic mass is 79.9. The maximum atomic E-state index is 13.2. The van der Waals surface area contributed by atoms with Crippen molar-refractivity contribution < 1.29 is 9.59 Å². The summed E-state index contributed by atoms with van der Waals surface area (Å²) >= 11 is 3.46. The van der Waals surface area contributed by atoms with E-state index in [0.717, 1.165) is 61.1 Å². The molecule has 1 aromatic heterocycles. The van der Waals surface area contributed by atoms with Crippen LogP contribution in [-0.2, 0) is 9.59 Å². The molecule has 34 heavy (non-hydrogen) atoms. The number of hydrogen-bond acceptors (Lipinski definition) is 7. The summed E-state index contributed by atoms with van der Waals surface area (Å²) < 4.78 is 0.921. The Kier molecular flexibility index (Phi) is 6.69. The SMILES string of the molecule is CN1CCN(c2cc(N3CCN(C(=O)C4CC(=O)N(c5cccc(Br)c5)C4)CC3)ncn2)CC1. The molecule has 1 atom stereocenters. The van der Waals surface area contributed by atoms with Crippen LogP contribution in [0.2, 0.25) is 0 Å². The lowest BCUT2D eigenvalue weighted by Crippen LogP contribution is -2.51. The van der Waals surface area contributed by atoms with Gasteiger partial charge in [-0.3, -0.25) is 9.59 Å². The van der Waals surface area contributed by atoms with E-state index in [1.165, 1.54) is 0 Å². The highest BCUT2D eigenvalue weighted by Crippen LogP contribution is 2.29. The molecule has 5 rings (SSSR count). The fourth-order valence-corrected chi connectivity index (χ4v) is 5.29. The van der Waals surface area contributed by atoms with Gasteiger partial charge in [-0.15, -0.1) is 0 Å². The average molecular weight is 528 g/mol. The van der Waals surface area contributed by atoms with E-state index < -0.39 is 0 Å². The maximum absolute atomic E-state index is 13.2. The van der Waals surface area contributed by atoms with Crippen molar-refractivity contribution in [2.24, 2.45) is 5.92 Å². The van der Waals surface area contributed by atoms with Crippen LogP contribution < -0.4 is 14.7 Å². The number of benzene rings is 1. The van der Waals surface area contributed by atoms with Crippen molar-refractivity contribution in [1.82, 2.24) is 19.8 Å². The minimum absolute atomic E-state index is 0.00695. The van der Waals surface area contributed by atoms with Gasteiger partial charge in [-0.25, -0.2) is 9.97 Å². The number of aromatic nitrogens is 2. The Hall–Kier alpha value is -2.72. The molecule has 0 spiro atoms. The Labute approximate surface area is 208 Å². The molecule has 1 aromatic carbocycles. The molecular weight excluding hydrogens is 498 g/mol. The van der Waals surface area contributed by atoms with Gasteiger partial charge in [0.05, 0.1) is 5.92 Å². The van der Waals surface area contributed by atoms with E-state index in [4.69, 9.17) is 0 Å². The van der Waals surface area contributed by atoms with Gasteiger partial charge in [0.25, 0.3) is 0 Å². The van der Waals surface area contributed by atoms with Crippen molar-refractivity contribution in [3.8, 4) is 0 Å². The molecule has 3 aliphatic rings. The van der Waals surface area contributed by atoms with E-state index in [2.05, 4.69) is 53.7 Å². The summed E-state index contributed by atoms with van der Waals surface area (Å²) in [6, 6.07) is 9.73. The van der Waals surface area contributed by atoms with Gasteiger partial charge in [0.1, 0.15) is 18.0 Å². The molecule has 0 N–H and O–H groups in total. The second-order valence-corrected chi connectivity index (χ2v) is 10.1. The smallest absolute Gasteiger partial charge is 0.228 e. The summed E-state index contributed by atoms with van der Waals surface area (Å²) in [4.78, 5) is 45.3. The van der Waals surface area contributed by atoms with Gasteiger partial charge >= 0.3 is 0 Å². The molecule has 3 fully saturated rings. The zero-order valence-electron chi connectivity index (χ0n) is 19.4. The molecule has 3 saturated heterocycles. The standard InChI is InChI=1S/C24H30BrN7O2/c1-28-5-7-29(8-6-28)21-15-22(27-17-26-21)30-9-11-31(12-10-30)24(34)18-13-23(33)32(16-18)20-4-2-3-19(25)14-20/h2-4,14-15,17-18H,5-13,16H2,1H3. The summed E-state index contributed by atoms with van der Waals surface area (Å²) in [6.45, 7) is 7.14. The van der Waals surface area contributed by atoms with Crippen LogP contribution in [0.5, 0.6) is 0 Å². The molecule has 3 aliphatic heterocycles. The van der Waals surface area contributed by atoms with E-state index in [1.54, 1.807) is 11.2 Å². The van der Waals surface area contributed by atoms with Crippen LogP contribution in [0.4, 0.5) is 17.3 Å². The molecule has 10 heteroatoms. The zero-order valence-corrected chi connectivity index (χ0v) is 21.0. The number of likely N-dealkylation sites (N-methyl/N-ethyl adjacent to an activating group) is 1. The average Bonchev–Trinajstić information content (AvgIpc) is 3.26. The van der Waals surface area contributed by atoms with Crippen LogP contribution in [-0.4, -0.2) is 97.5 Å². The maximum Gasteiger partial charge on any atom is 0.228 e. The number of rotatable bonds is 4. The highest BCUT2D eigenvalue weighted by Gasteiger charge is 2.38. The Balaban J connectivity index is 1.18. The first kappa shape index (κ1) is 23.0. The lowest BCUT2D eigenvalue weighted by molar-refractivity contribution is -0.136. The van der Waals surface area contributed by atoms with Crippen LogP contribution in [0.3, 0.4) is 0 Å². The third kappa shape index (κ3) is 4.88. The predicted octanol–water partition coefficient (Wildman–Crippen LogP) is 1.69. The van der Waals surface area contributed by atoms with Gasteiger partial charge in [-0.1, -0.05) is 22.0 Å². The highest BCUT2D eigenvalue weighted by molar-refractivity contribution is 9.10. The van der Waals surface area contributed by atoms with Gasteiger partial charge in [0.15, 0.2) is 0 Å². The van der Waals surface area contributed by atoms with Crippen molar-refractivity contribution in [1.29, 1.82) is 0 Å². The molecule has 0 radical (unpaired) electrons. The van der Waals surface area contributed by atoms with E-state index in [9.17, 15) is 9.59 Å². The quantitative estimate of drug-likeness (QED) is 0.598. The fourth-order valence-electron chi connectivity index (χ4n) is 4.90. The van der Waals surface area contributed by atoms with Crippen molar-refractivity contribution in [3.63, 3.8) is 0 Å². The molecule has 180 valence electrons. The first-order valence-corrected chi connectivity index (χ1v) is 12.6. The lowest BCUT2D eigenvalue weighted by Gasteiger charge is -2.37. The molecule has 1 unspecified atom stereocenters. The third-order valence-corrected chi connectivity index (χ3v) is 7.47. The molecule has 0 aliphatic carbocycles. The fraction of sp³-hybridized carbons (Fsp3) is 0.500. The van der Waals surface area contributed by atoms with Crippen LogP contribution in [0.1, 0.15) is 6.42 Å². The Morgan fingerprint density at radius 1 is 0.941 bits per heavy atom. The summed E-state index contributed by atoms with van der Waals surface area (Å²) in [7, 11) is 2.14. The number of carbonyl (C=O) groups excluding carboxylic acids is 2. The van der Waals surface area contributed by atoms with Crippen molar-refractivity contribution in [2.45, 2.75) is 6.42 Å². The Morgan fingerprint density at radius 2 is 1.59 bits per heavy atom. The molecule has 2 amide bonds. The van der Waals surface area contributed by atoms with Gasteiger partial charge in [0.2, 0.25) is 11.8 Å². The second-order valence-electron chi connectivity index (χ2n) is 9.22. The van der Waals surface area contributed by atoms with E-state index in [-0.39, 0.29) is 24.2 Å². The first-order valence-electron chi connectivity index (χ1n) is 11.8. The van der Waals surface area contributed by atoms with Crippen molar-refractivity contribution in [2.75, 3.05) is 80.7 Å². The number of carbonyl (C=O) groups is 2. The van der Waals surface area contributed by atoms with Crippen molar-refractivity contribution >= 4 is 45.1 Å². The van der Waals surface area contributed by atoms with Crippen LogP contribution >= 0.6 is 15.9 Å². The summed E-state index contributed by atoms with van der Waals surface area (Å²) in [5, 5.41) is 0. The number of hydrogen-bond donors (Lipinski definition) is 0. The summed E-state index contributed by atoms with van der Waals surface area (Å²) in [5.41, 5.74) is 0.833. The monoisotopic (exact) mass is 527 g/mol. The minimum Gasteiger partial charge on any atom is -0.354 e. The molecule has 2 aromatic rings. The lowest BCUT2D eigenvalue weighted by atomic mass is 10.1. The molecular formula is C24H30BrN7O2. The van der Waals surface area contributed by atoms with Crippen LogP contribution in [0.15, 0.2) is 41.1 Å². The van der Waals surface area contributed by atoms with Crippen molar-refractivity contribution in [3.05, 3.63) is 41.1 Å². The number of halogens is 1. The van der Waals surface area contributed by atoms with Gasteiger partial charge in [-0.2, -0.15) is 0 Å². The van der Waals surface area contributed by atoms with Crippen LogP contribution in [0.25, 0.3) is 0 Å². The largest absolute Gasteiger partial charge is 0.354 e. The van der Waals surface area contributed by atoms with E-state index in [1.807, 2.05) is 29.2 Å². The van der Waals surface area contributed by atoms with Gasteiger partial charge < -0.3 is 24.5 Å². The topological polar surface area (TPSA) is 76.1 Å². The predicted molar refractivity (Wildman–Crippen MR) is 135 cm³/mol. The summed E-state index contributed by atoms with van der Waals surface area (Å²) in [6.07, 6.45) is 1.91. The normalized spacial score (nSPS) is 21.9. The first-order chi connectivity index (χ1) is 16.5. The number of piperazine rings is 2. The minimum atomic E-state index is -0.291. The number of amides is 2. The summed E-state index contributed by atoms with van der Waals surface area (Å²) in [5.74, 6) is 1.67. The second kappa shape index (κ2) is 9.87. The molecule has 9 nitrogen and oxygen atoms in total.